The summed E-state index contributed by atoms with van der Waals surface area (Å²) in [5.74, 6) is -4.02. The molecule has 0 unspecified atom stereocenters. The molecule has 1 aliphatic heterocycles. The molecule has 1 saturated heterocycles. The summed E-state index contributed by atoms with van der Waals surface area (Å²) < 4.78 is 60.0. The Bertz CT molecular complexity index is 948. The first kappa shape index (κ1) is 18.5. The van der Waals surface area contributed by atoms with E-state index in [1.807, 2.05) is 4.90 Å². The van der Waals surface area contributed by atoms with Crippen molar-refractivity contribution in [3.05, 3.63) is 65.6 Å². The molecular formula is C19H16F4N4O. The van der Waals surface area contributed by atoms with Crippen molar-refractivity contribution in [2.75, 3.05) is 13.1 Å². The van der Waals surface area contributed by atoms with Crippen LogP contribution in [0.15, 0.2) is 41.1 Å². The highest BCUT2D eigenvalue weighted by Gasteiger charge is 2.37. The number of likely N-dealkylation sites (tertiary alicyclic amines) is 1. The van der Waals surface area contributed by atoms with E-state index in [-0.39, 0.29) is 36.7 Å². The van der Waals surface area contributed by atoms with Gasteiger partial charge in [0.2, 0.25) is 11.7 Å². The van der Waals surface area contributed by atoms with Crippen molar-refractivity contribution in [2.24, 2.45) is 0 Å². The molecule has 0 aliphatic carbocycles. The molecule has 3 heterocycles. The van der Waals surface area contributed by atoms with Gasteiger partial charge in [-0.15, -0.1) is 0 Å². The third-order valence-corrected chi connectivity index (χ3v) is 4.84. The fourth-order valence-corrected chi connectivity index (χ4v) is 3.26. The SMILES string of the molecule is Fc1cc(-c2noc(CN3CCC(F)(c4ccccn4)CC3)n2)cc(F)c1F. The van der Waals surface area contributed by atoms with Crippen LogP contribution in [-0.4, -0.2) is 33.1 Å². The number of halogens is 4. The van der Waals surface area contributed by atoms with Crippen LogP contribution in [0.3, 0.4) is 0 Å². The van der Waals surface area contributed by atoms with Crippen molar-refractivity contribution in [1.82, 2.24) is 20.0 Å². The van der Waals surface area contributed by atoms with Gasteiger partial charge >= 0.3 is 0 Å². The summed E-state index contributed by atoms with van der Waals surface area (Å²) in [5, 5.41) is 3.69. The molecule has 146 valence electrons. The normalized spacial score (nSPS) is 17.0. The van der Waals surface area contributed by atoms with Gasteiger partial charge in [-0.05, 0) is 37.1 Å². The fourth-order valence-electron chi connectivity index (χ4n) is 3.26. The maximum absolute atomic E-state index is 15.1. The number of aromatic nitrogens is 3. The van der Waals surface area contributed by atoms with E-state index in [2.05, 4.69) is 15.1 Å². The molecule has 0 atom stereocenters. The summed E-state index contributed by atoms with van der Waals surface area (Å²) in [5.41, 5.74) is -1.07. The Kier molecular flexibility index (Phi) is 4.84. The number of nitrogens with zero attached hydrogens (tertiary/aromatic N) is 4. The minimum atomic E-state index is -1.55. The molecule has 9 heteroatoms. The second-order valence-electron chi connectivity index (χ2n) is 6.72. The standard InChI is InChI=1S/C19H16F4N4O/c20-13-9-12(10-14(21)17(13)22)18-25-16(28-26-18)11-27-7-4-19(23,5-8-27)15-3-1-2-6-24-15/h1-3,6,9-10H,4-5,7-8,11H2. The topological polar surface area (TPSA) is 55.1 Å². The second kappa shape index (κ2) is 7.31. The molecule has 28 heavy (non-hydrogen) atoms. The summed E-state index contributed by atoms with van der Waals surface area (Å²) in [4.78, 5) is 10.2. The Morgan fingerprint density at radius 1 is 1.07 bits per heavy atom. The first-order chi connectivity index (χ1) is 13.4. The summed E-state index contributed by atoms with van der Waals surface area (Å²) in [6.07, 6.45) is 2.13. The smallest absolute Gasteiger partial charge is 0.241 e. The molecule has 5 nitrogen and oxygen atoms in total. The van der Waals surface area contributed by atoms with Crippen LogP contribution in [0.4, 0.5) is 17.6 Å². The van der Waals surface area contributed by atoms with E-state index in [1.165, 1.54) is 0 Å². The van der Waals surface area contributed by atoms with Crippen molar-refractivity contribution in [2.45, 2.75) is 25.1 Å². The van der Waals surface area contributed by atoms with Gasteiger partial charge in [0.15, 0.2) is 23.1 Å². The third kappa shape index (κ3) is 3.62. The Balaban J connectivity index is 1.42. The van der Waals surface area contributed by atoms with Gasteiger partial charge in [0.25, 0.3) is 0 Å². The lowest BCUT2D eigenvalue weighted by atomic mass is 9.89. The number of alkyl halides is 1. The molecule has 0 spiro atoms. The van der Waals surface area contributed by atoms with Gasteiger partial charge in [0.05, 0.1) is 12.2 Å². The lowest BCUT2D eigenvalue weighted by molar-refractivity contribution is 0.0447. The van der Waals surface area contributed by atoms with E-state index in [9.17, 15) is 13.2 Å². The first-order valence-corrected chi connectivity index (χ1v) is 8.75. The molecule has 4 rings (SSSR count). The largest absolute Gasteiger partial charge is 0.338 e. The quantitative estimate of drug-likeness (QED) is 0.496. The average Bonchev–Trinajstić information content (AvgIpc) is 3.17. The molecule has 1 fully saturated rings. The van der Waals surface area contributed by atoms with Gasteiger partial charge in [-0.1, -0.05) is 11.2 Å². The van der Waals surface area contributed by atoms with Gasteiger partial charge < -0.3 is 4.52 Å². The molecule has 0 N–H and O–H groups in total. The van der Waals surface area contributed by atoms with E-state index in [0.717, 1.165) is 12.1 Å². The minimum absolute atomic E-state index is 0.0250. The van der Waals surface area contributed by atoms with Gasteiger partial charge in [0, 0.05) is 24.8 Å². The van der Waals surface area contributed by atoms with E-state index in [4.69, 9.17) is 4.52 Å². The Morgan fingerprint density at radius 2 is 1.79 bits per heavy atom. The highest BCUT2D eigenvalue weighted by atomic mass is 19.2. The number of hydrogen-bond acceptors (Lipinski definition) is 5. The minimum Gasteiger partial charge on any atom is -0.338 e. The van der Waals surface area contributed by atoms with Crippen molar-refractivity contribution in [1.29, 1.82) is 0 Å². The van der Waals surface area contributed by atoms with Crippen LogP contribution >= 0.6 is 0 Å². The predicted molar refractivity (Wildman–Crippen MR) is 91.1 cm³/mol. The van der Waals surface area contributed by atoms with Crippen molar-refractivity contribution in [3.8, 4) is 11.4 Å². The summed E-state index contributed by atoms with van der Waals surface area (Å²) in [6, 6.07) is 6.79. The molecular weight excluding hydrogens is 376 g/mol. The zero-order valence-corrected chi connectivity index (χ0v) is 14.7. The number of rotatable bonds is 4. The molecule has 0 bridgehead atoms. The Hall–Kier alpha value is -2.81. The zero-order chi connectivity index (χ0) is 19.7. The van der Waals surface area contributed by atoms with Crippen LogP contribution in [0.25, 0.3) is 11.4 Å². The van der Waals surface area contributed by atoms with Crippen LogP contribution in [0.2, 0.25) is 0 Å². The predicted octanol–water partition coefficient (Wildman–Crippen LogP) is 4.01. The highest BCUT2D eigenvalue weighted by Crippen LogP contribution is 2.36. The number of hydrogen-bond donors (Lipinski definition) is 0. The molecule has 0 saturated carbocycles. The van der Waals surface area contributed by atoms with E-state index in [0.29, 0.717) is 18.8 Å². The number of pyridine rings is 1. The van der Waals surface area contributed by atoms with Crippen LogP contribution in [0.1, 0.15) is 24.4 Å². The van der Waals surface area contributed by atoms with Crippen LogP contribution in [0, 0.1) is 17.5 Å². The Labute approximate surface area is 158 Å². The maximum Gasteiger partial charge on any atom is 0.241 e. The average molecular weight is 392 g/mol. The monoisotopic (exact) mass is 392 g/mol. The lowest BCUT2D eigenvalue weighted by Crippen LogP contribution is -2.40. The molecule has 3 aromatic rings. The first-order valence-electron chi connectivity index (χ1n) is 8.75. The highest BCUT2D eigenvalue weighted by molar-refractivity contribution is 5.54. The Morgan fingerprint density at radius 3 is 2.43 bits per heavy atom. The van der Waals surface area contributed by atoms with E-state index in [1.54, 1.807) is 24.4 Å². The van der Waals surface area contributed by atoms with Crippen LogP contribution < -0.4 is 0 Å². The second-order valence-corrected chi connectivity index (χ2v) is 6.72. The fraction of sp³-hybridized carbons (Fsp3) is 0.316. The van der Waals surface area contributed by atoms with Crippen LogP contribution in [0.5, 0.6) is 0 Å². The molecule has 1 aromatic carbocycles. The lowest BCUT2D eigenvalue weighted by Gasteiger charge is -2.35. The van der Waals surface area contributed by atoms with Gasteiger partial charge in [-0.2, -0.15) is 4.98 Å². The molecule has 0 amide bonds. The third-order valence-electron chi connectivity index (χ3n) is 4.84. The van der Waals surface area contributed by atoms with Gasteiger partial charge in [-0.3, -0.25) is 9.88 Å². The molecule has 1 aliphatic rings. The molecule has 0 radical (unpaired) electrons. The summed E-state index contributed by atoms with van der Waals surface area (Å²) >= 11 is 0. The number of piperidine rings is 1. The van der Waals surface area contributed by atoms with Gasteiger partial charge in [-0.25, -0.2) is 17.6 Å². The van der Waals surface area contributed by atoms with Crippen LogP contribution in [-0.2, 0) is 12.2 Å². The van der Waals surface area contributed by atoms with Crippen molar-refractivity contribution >= 4 is 0 Å². The van der Waals surface area contributed by atoms with E-state index >= 15 is 4.39 Å². The zero-order valence-electron chi connectivity index (χ0n) is 14.7. The van der Waals surface area contributed by atoms with Crippen molar-refractivity contribution in [3.63, 3.8) is 0 Å². The number of benzene rings is 1. The summed E-state index contributed by atoms with van der Waals surface area (Å²) in [7, 11) is 0. The van der Waals surface area contributed by atoms with E-state index < -0.39 is 23.1 Å². The summed E-state index contributed by atoms with van der Waals surface area (Å²) in [6.45, 7) is 1.20. The van der Waals surface area contributed by atoms with Gasteiger partial charge in [0.1, 0.15) is 0 Å². The van der Waals surface area contributed by atoms with Crippen molar-refractivity contribution < 1.29 is 22.1 Å². The maximum atomic E-state index is 15.1. The molecule has 2 aromatic heterocycles.